The normalized spacial score (nSPS) is 12.2. The van der Waals surface area contributed by atoms with Crippen LogP contribution in [-0.2, 0) is 6.42 Å². The fraction of sp³-hybridized carbons (Fsp3) is 0.333. The second-order valence-corrected chi connectivity index (χ2v) is 5.11. The monoisotopic (exact) mass is 276 g/mol. The largest absolute Gasteiger partial charge is 0.481 e. The number of aromatic nitrogens is 2. The standard InChI is InChI=1S/C15H17ClN2O/c1-10-4-5-13(11(2)6-10)14(16)7-12-8-15(19-3)18-9-17-12/h4-6,8-9,14H,7H2,1-3H3. The highest BCUT2D eigenvalue weighted by Gasteiger charge is 2.13. The van der Waals surface area contributed by atoms with Gasteiger partial charge in [-0.15, -0.1) is 11.6 Å². The Hall–Kier alpha value is -1.61. The summed E-state index contributed by atoms with van der Waals surface area (Å²) in [5, 5.41) is -0.0970. The summed E-state index contributed by atoms with van der Waals surface area (Å²) in [6.45, 7) is 4.16. The number of nitrogens with zero attached hydrogens (tertiary/aromatic N) is 2. The molecular formula is C15H17ClN2O. The van der Waals surface area contributed by atoms with E-state index in [0.717, 1.165) is 11.3 Å². The van der Waals surface area contributed by atoms with Gasteiger partial charge in [-0.2, -0.15) is 0 Å². The lowest BCUT2D eigenvalue weighted by Crippen LogP contribution is -2.01. The highest BCUT2D eigenvalue weighted by molar-refractivity contribution is 6.21. The van der Waals surface area contributed by atoms with Crippen molar-refractivity contribution in [2.24, 2.45) is 0 Å². The molecule has 4 heteroatoms. The number of rotatable bonds is 4. The van der Waals surface area contributed by atoms with E-state index in [9.17, 15) is 0 Å². The zero-order valence-electron chi connectivity index (χ0n) is 11.4. The third kappa shape index (κ3) is 3.44. The van der Waals surface area contributed by atoms with Crippen molar-refractivity contribution < 1.29 is 4.74 Å². The van der Waals surface area contributed by atoms with Gasteiger partial charge in [0.15, 0.2) is 0 Å². The van der Waals surface area contributed by atoms with Crippen molar-refractivity contribution in [3.63, 3.8) is 0 Å². The predicted octanol–water partition coefficient (Wildman–Crippen LogP) is 3.62. The maximum Gasteiger partial charge on any atom is 0.216 e. The molecule has 0 radical (unpaired) electrons. The molecule has 2 rings (SSSR count). The molecule has 0 saturated heterocycles. The molecule has 0 spiro atoms. The molecule has 0 aliphatic rings. The minimum absolute atomic E-state index is 0.0970. The highest BCUT2D eigenvalue weighted by Crippen LogP contribution is 2.28. The van der Waals surface area contributed by atoms with Crippen LogP contribution in [0, 0.1) is 13.8 Å². The number of hydrogen-bond donors (Lipinski definition) is 0. The van der Waals surface area contributed by atoms with Crippen LogP contribution < -0.4 is 4.74 Å². The van der Waals surface area contributed by atoms with Gasteiger partial charge in [0.1, 0.15) is 6.33 Å². The smallest absolute Gasteiger partial charge is 0.216 e. The van der Waals surface area contributed by atoms with Crippen LogP contribution in [0.25, 0.3) is 0 Å². The van der Waals surface area contributed by atoms with E-state index < -0.39 is 0 Å². The van der Waals surface area contributed by atoms with E-state index in [0.29, 0.717) is 12.3 Å². The van der Waals surface area contributed by atoms with Crippen LogP contribution in [0.4, 0.5) is 0 Å². The molecule has 1 heterocycles. The van der Waals surface area contributed by atoms with E-state index in [1.807, 2.05) is 6.07 Å². The summed E-state index contributed by atoms with van der Waals surface area (Å²) < 4.78 is 5.09. The Morgan fingerprint density at radius 2 is 2.00 bits per heavy atom. The van der Waals surface area contributed by atoms with Gasteiger partial charge in [0.05, 0.1) is 12.5 Å². The number of benzene rings is 1. The van der Waals surface area contributed by atoms with Crippen LogP contribution >= 0.6 is 11.6 Å². The van der Waals surface area contributed by atoms with Crippen molar-refractivity contribution in [2.45, 2.75) is 25.6 Å². The number of ether oxygens (including phenoxy) is 1. The van der Waals surface area contributed by atoms with Crippen molar-refractivity contribution in [3.05, 3.63) is 53.0 Å². The lowest BCUT2D eigenvalue weighted by Gasteiger charge is -2.13. The van der Waals surface area contributed by atoms with Crippen LogP contribution in [0.5, 0.6) is 5.88 Å². The lowest BCUT2D eigenvalue weighted by atomic mass is 10.0. The Bertz CT molecular complexity index is 572. The minimum Gasteiger partial charge on any atom is -0.481 e. The van der Waals surface area contributed by atoms with Gasteiger partial charge in [-0.1, -0.05) is 23.8 Å². The molecule has 2 aromatic rings. The number of hydrogen-bond acceptors (Lipinski definition) is 3. The topological polar surface area (TPSA) is 35.0 Å². The number of halogens is 1. The summed E-state index contributed by atoms with van der Waals surface area (Å²) in [4.78, 5) is 8.22. The van der Waals surface area contributed by atoms with E-state index >= 15 is 0 Å². The molecule has 1 aromatic heterocycles. The lowest BCUT2D eigenvalue weighted by molar-refractivity contribution is 0.396. The van der Waals surface area contributed by atoms with Gasteiger partial charge in [0.2, 0.25) is 5.88 Å². The summed E-state index contributed by atoms with van der Waals surface area (Å²) in [5.41, 5.74) is 4.48. The molecule has 0 aliphatic heterocycles. The molecule has 3 nitrogen and oxygen atoms in total. The Morgan fingerprint density at radius 1 is 1.21 bits per heavy atom. The first-order valence-electron chi connectivity index (χ1n) is 6.16. The Labute approximate surface area is 118 Å². The van der Waals surface area contributed by atoms with Crippen molar-refractivity contribution in [1.82, 2.24) is 9.97 Å². The maximum absolute atomic E-state index is 6.49. The Morgan fingerprint density at radius 3 is 2.68 bits per heavy atom. The molecule has 19 heavy (non-hydrogen) atoms. The van der Waals surface area contributed by atoms with Crippen LogP contribution in [0.15, 0.2) is 30.6 Å². The molecular weight excluding hydrogens is 260 g/mol. The summed E-state index contributed by atoms with van der Waals surface area (Å²) in [7, 11) is 1.59. The molecule has 1 atom stereocenters. The van der Waals surface area contributed by atoms with E-state index in [2.05, 4.69) is 42.0 Å². The predicted molar refractivity (Wildman–Crippen MR) is 76.8 cm³/mol. The first-order valence-corrected chi connectivity index (χ1v) is 6.60. The third-order valence-corrected chi connectivity index (χ3v) is 3.45. The van der Waals surface area contributed by atoms with Gasteiger partial charge >= 0.3 is 0 Å². The fourth-order valence-corrected chi connectivity index (χ4v) is 2.47. The summed E-state index contributed by atoms with van der Waals surface area (Å²) in [6.07, 6.45) is 2.16. The van der Waals surface area contributed by atoms with Crippen LogP contribution in [0.3, 0.4) is 0 Å². The molecule has 100 valence electrons. The quantitative estimate of drug-likeness (QED) is 0.800. The van der Waals surface area contributed by atoms with Gasteiger partial charge in [-0.25, -0.2) is 9.97 Å². The molecule has 0 fully saturated rings. The Balaban J connectivity index is 2.17. The van der Waals surface area contributed by atoms with Crippen molar-refractivity contribution in [3.8, 4) is 5.88 Å². The number of alkyl halides is 1. The molecule has 0 N–H and O–H groups in total. The van der Waals surface area contributed by atoms with Crippen LogP contribution in [0.1, 0.15) is 27.8 Å². The zero-order chi connectivity index (χ0) is 13.8. The third-order valence-electron chi connectivity index (χ3n) is 3.06. The van der Waals surface area contributed by atoms with E-state index in [4.69, 9.17) is 16.3 Å². The van der Waals surface area contributed by atoms with E-state index in [1.165, 1.54) is 17.5 Å². The minimum atomic E-state index is -0.0970. The summed E-state index contributed by atoms with van der Waals surface area (Å²) in [5.74, 6) is 0.564. The second kappa shape index (κ2) is 6.02. The summed E-state index contributed by atoms with van der Waals surface area (Å²) in [6, 6.07) is 8.13. The zero-order valence-corrected chi connectivity index (χ0v) is 12.1. The molecule has 0 aliphatic carbocycles. The molecule has 0 amide bonds. The van der Waals surface area contributed by atoms with Crippen molar-refractivity contribution in [2.75, 3.05) is 7.11 Å². The van der Waals surface area contributed by atoms with Crippen molar-refractivity contribution in [1.29, 1.82) is 0 Å². The van der Waals surface area contributed by atoms with Gasteiger partial charge in [0.25, 0.3) is 0 Å². The highest BCUT2D eigenvalue weighted by atomic mass is 35.5. The molecule has 1 unspecified atom stereocenters. The first-order chi connectivity index (χ1) is 9.10. The Kier molecular flexibility index (Phi) is 4.38. The SMILES string of the molecule is COc1cc(CC(Cl)c2ccc(C)cc2C)ncn1. The summed E-state index contributed by atoms with van der Waals surface area (Å²) >= 11 is 6.49. The molecule has 1 aromatic carbocycles. The number of aryl methyl sites for hydroxylation is 2. The molecule has 0 saturated carbocycles. The second-order valence-electron chi connectivity index (χ2n) is 4.58. The van der Waals surface area contributed by atoms with Gasteiger partial charge < -0.3 is 4.74 Å². The van der Waals surface area contributed by atoms with E-state index in [-0.39, 0.29) is 5.38 Å². The average Bonchev–Trinajstić information content (AvgIpc) is 2.38. The first kappa shape index (κ1) is 13.8. The van der Waals surface area contributed by atoms with Crippen molar-refractivity contribution >= 4 is 11.6 Å². The van der Waals surface area contributed by atoms with Crippen LogP contribution in [0.2, 0.25) is 0 Å². The number of methoxy groups -OCH3 is 1. The van der Waals surface area contributed by atoms with Gasteiger partial charge in [-0.3, -0.25) is 0 Å². The molecule has 0 bridgehead atoms. The van der Waals surface area contributed by atoms with Gasteiger partial charge in [0, 0.05) is 18.2 Å². The fourth-order valence-electron chi connectivity index (χ4n) is 2.07. The van der Waals surface area contributed by atoms with E-state index in [1.54, 1.807) is 7.11 Å². The van der Waals surface area contributed by atoms with Crippen LogP contribution in [-0.4, -0.2) is 17.1 Å². The van der Waals surface area contributed by atoms with Gasteiger partial charge in [-0.05, 0) is 25.0 Å². The average molecular weight is 277 g/mol. The maximum atomic E-state index is 6.49.